The summed E-state index contributed by atoms with van der Waals surface area (Å²) >= 11 is 0. The average molecular weight is 298 g/mol. The Morgan fingerprint density at radius 3 is 2.57 bits per heavy atom. The van der Waals surface area contributed by atoms with E-state index in [1.54, 1.807) is 12.1 Å². The second-order valence-corrected chi connectivity index (χ2v) is 4.79. The molecule has 21 heavy (non-hydrogen) atoms. The summed E-state index contributed by atoms with van der Waals surface area (Å²) in [4.78, 5) is 4.35. The summed E-state index contributed by atoms with van der Waals surface area (Å²) < 4.78 is 40.0. The Morgan fingerprint density at radius 2 is 2.00 bits per heavy atom. The van der Waals surface area contributed by atoms with Crippen LogP contribution in [-0.4, -0.2) is 37.8 Å². The summed E-state index contributed by atoms with van der Waals surface area (Å²) in [5.41, 5.74) is 0.356. The van der Waals surface area contributed by atoms with Crippen LogP contribution in [0.4, 0.5) is 13.2 Å². The molecule has 1 atom stereocenters. The summed E-state index contributed by atoms with van der Waals surface area (Å²) in [6, 6.07) is 2.04. The fourth-order valence-electron chi connectivity index (χ4n) is 2.46. The summed E-state index contributed by atoms with van der Waals surface area (Å²) in [6.45, 7) is 4.49. The molecule has 0 aliphatic carbocycles. The Hall–Kier alpha value is -1.89. The number of amidine groups is 1. The van der Waals surface area contributed by atoms with Gasteiger partial charge in [0.2, 0.25) is 0 Å². The molecule has 2 rings (SSSR count). The van der Waals surface area contributed by atoms with Crippen molar-refractivity contribution in [3.8, 4) is 0 Å². The van der Waals surface area contributed by atoms with E-state index in [2.05, 4.69) is 22.1 Å². The molecule has 1 heterocycles. The van der Waals surface area contributed by atoms with Crippen molar-refractivity contribution in [2.45, 2.75) is 18.8 Å². The summed E-state index contributed by atoms with van der Waals surface area (Å²) in [5, 5.41) is 8.38. The van der Waals surface area contributed by atoms with Gasteiger partial charge in [0.05, 0.1) is 6.67 Å². The fourth-order valence-corrected chi connectivity index (χ4v) is 2.46. The smallest absolute Gasteiger partial charge is 0.194 e. The van der Waals surface area contributed by atoms with E-state index in [0.717, 1.165) is 18.6 Å². The van der Waals surface area contributed by atoms with Crippen LogP contribution in [0.15, 0.2) is 22.2 Å². The number of nitrogens with zero attached hydrogens (tertiary/aromatic N) is 3. The number of piperidine rings is 1. The van der Waals surface area contributed by atoms with Gasteiger partial charge in [-0.1, -0.05) is 0 Å². The van der Waals surface area contributed by atoms with Crippen LogP contribution in [-0.2, 0) is 0 Å². The first kappa shape index (κ1) is 15.5. The number of halogens is 3. The first-order chi connectivity index (χ1) is 10.1. The molecular weight excluding hydrogens is 281 g/mol. The lowest BCUT2D eigenvalue weighted by Crippen LogP contribution is -2.37. The number of hydrogen-bond acceptors (Lipinski definition) is 3. The van der Waals surface area contributed by atoms with Gasteiger partial charge in [-0.05, 0) is 37.6 Å². The van der Waals surface area contributed by atoms with Gasteiger partial charge in [0.15, 0.2) is 17.5 Å². The van der Waals surface area contributed by atoms with E-state index in [1.165, 1.54) is 0 Å². The Bertz CT molecular complexity index is 536. The van der Waals surface area contributed by atoms with Gasteiger partial charge in [-0.25, -0.2) is 13.2 Å². The zero-order chi connectivity index (χ0) is 15.4. The van der Waals surface area contributed by atoms with Crippen molar-refractivity contribution in [3.63, 3.8) is 0 Å². The van der Waals surface area contributed by atoms with Gasteiger partial charge in [0.1, 0.15) is 5.84 Å². The van der Waals surface area contributed by atoms with Crippen molar-refractivity contribution in [2.24, 2.45) is 10.1 Å². The monoisotopic (exact) mass is 298 g/mol. The highest BCUT2D eigenvalue weighted by molar-refractivity contribution is 5.89. The normalized spacial score (nSPS) is 20.9. The molecule has 1 aromatic carbocycles. The first-order valence-electron chi connectivity index (χ1n) is 6.66. The number of benzene rings is 1. The van der Waals surface area contributed by atoms with Crippen molar-refractivity contribution in [3.05, 3.63) is 35.1 Å². The van der Waals surface area contributed by atoms with E-state index in [9.17, 15) is 13.2 Å². The summed E-state index contributed by atoms with van der Waals surface area (Å²) in [5.74, 6) is -3.59. The zero-order valence-electron chi connectivity index (χ0n) is 11.7. The lowest BCUT2D eigenvalue weighted by Gasteiger charge is -2.32. The molecule has 1 fully saturated rings. The molecule has 1 N–H and O–H groups in total. The Labute approximate surface area is 121 Å². The van der Waals surface area contributed by atoms with E-state index in [4.69, 9.17) is 0 Å². The Morgan fingerprint density at radius 1 is 1.33 bits per heavy atom. The third-order valence-electron chi connectivity index (χ3n) is 3.42. The van der Waals surface area contributed by atoms with Crippen molar-refractivity contribution < 1.29 is 13.2 Å². The quantitative estimate of drug-likeness (QED) is 0.685. The molecule has 4 nitrogen and oxygen atoms in total. The molecule has 114 valence electrons. The molecular formula is C14H17F3N4. The topological polar surface area (TPSA) is 40.0 Å². The minimum absolute atomic E-state index is 0.331. The van der Waals surface area contributed by atoms with Crippen LogP contribution in [0.5, 0.6) is 0 Å². The molecule has 0 spiro atoms. The van der Waals surface area contributed by atoms with Gasteiger partial charge in [0, 0.05) is 19.2 Å². The van der Waals surface area contributed by atoms with Crippen LogP contribution in [0.3, 0.4) is 0 Å². The standard InChI is InChI=1S/C14H17F3N4/c1-18-8-20-14-10(4-3-5-21(14)19-2)9-6-11(15)13(17)12(16)7-9/h6-7,10,18H,2-5,8H2,1H3. The molecule has 0 saturated carbocycles. The van der Waals surface area contributed by atoms with Crippen molar-refractivity contribution >= 4 is 12.6 Å². The number of rotatable bonds is 4. The molecule has 1 aromatic rings. The highest BCUT2D eigenvalue weighted by Gasteiger charge is 2.29. The van der Waals surface area contributed by atoms with Gasteiger partial charge in [-0.2, -0.15) is 5.10 Å². The lowest BCUT2D eigenvalue weighted by molar-refractivity contribution is 0.370. The third-order valence-corrected chi connectivity index (χ3v) is 3.42. The predicted molar refractivity (Wildman–Crippen MR) is 75.9 cm³/mol. The maximum atomic E-state index is 13.4. The van der Waals surface area contributed by atoms with E-state index in [1.807, 2.05) is 0 Å². The zero-order valence-corrected chi connectivity index (χ0v) is 11.7. The largest absolute Gasteiger partial charge is 0.301 e. The van der Waals surface area contributed by atoms with Gasteiger partial charge in [0.25, 0.3) is 0 Å². The summed E-state index contributed by atoms with van der Waals surface area (Å²) in [6.07, 6.45) is 1.45. The second kappa shape index (κ2) is 6.71. The molecule has 0 aromatic heterocycles. The van der Waals surface area contributed by atoms with E-state index < -0.39 is 17.5 Å². The van der Waals surface area contributed by atoms with Crippen LogP contribution in [0.2, 0.25) is 0 Å². The van der Waals surface area contributed by atoms with E-state index >= 15 is 0 Å². The van der Waals surface area contributed by atoms with Crippen LogP contribution < -0.4 is 5.32 Å². The molecule has 1 aliphatic heterocycles. The lowest BCUT2D eigenvalue weighted by atomic mass is 9.89. The highest BCUT2D eigenvalue weighted by atomic mass is 19.2. The molecule has 0 bridgehead atoms. The maximum Gasteiger partial charge on any atom is 0.194 e. The maximum absolute atomic E-state index is 13.4. The molecule has 0 radical (unpaired) electrons. The number of hydrazone groups is 1. The second-order valence-electron chi connectivity index (χ2n) is 4.79. The Kier molecular flexibility index (Phi) is 4.95. The minimum atomic E-state index is -1.46. The van der Waals surface area contributed by atoms with Gasteiger partial charge < -0.3 is 5.32 Å². The van der Waals surface area contributed by atoms with Crippen LogP contribution in [0, 0.1) is 17.5 Å². The van der Waals surface area contributed by atoms with E-state index in [-0.39, 0.29) is 5.92 Å². The van der Waals surface area contributed by atoms with E-state index in [0.29, 0.717) is 31.0 Å². The van der Waals surface area contributed by atoms with Crippen LogP contribution in [0.1, 0.15) is 24.3 Å². The van der Waals surface area contributed by atoms with Crippen molar-refractivity contribution in [1.29, 1.82) is 0 Å². The Balaban J connectivity index is 2.41. The SMILES string of the molecule is C=NN1CCCC(c2cc(F)c(F)c(F)c2)C1=NCNC. The van der Waals surface area contributed by atoms with Crippen molar-refractivity contribution in [1.82, 2.24) is 10.3 Å². The average Bonchev–Trinajstić information content (AvgIpc) is 2.49. The predicted octanol–water partition coefficient (Wildman–Crippen LogP) is 2.47. The van der Waals surface area contributed by atoms with Gasteiger partial charge >= 0.3 is 0 Å². The van der Waals surface area contributed by atoms with Crippen LogP contribution in [0.25, 0.3) is 0 Å². The van der Waals surface area contributed by atoms with Crippen molar-refractivity contribution in [2.75, 3.05) is 20.3 Å². The third kappa shape index (κ3) is 3.24. The molecule has 0 amide bonds. The first-order valence-corrected chi connectivity index (χ1v) is 6.66. The van der Waals surface area contributed by atoms with Gasteiger partial charge in [-0.15, -0.1) is 0 Å². The van der Waals surface area contributed by atoms with Crippen LogP contribution >= 0.6 is 0 Å². The molecule has 1 unspecified atom stereocenters. The number of hydrogen-bond donors (Lipinski definition) is 1. The summed E-state index contributed by atoms with van der Waals surface area (Å²) in [7, 11) is 1.74. The number of nitrogens with one attached hydrogen (secondary N) is 1. The molecule has 1 saturated heterocycles. The van der Waals surface area contributed by atoms with Gasteiger partial charge in [-0.3, -0.25) is 10.0 Å². The molecule has 7 heteroatoms. The fraction of sp³-hybridized carbons (Fsp3) is 0.429. The molecule has 1 aliphatic rings. The highest BCUT2D eigenvalue weighted by Crippen LogP contribution is 2.31. The number of aliphatic imine (C=N–C) groups is 1. The minimum Gasteiger partial charge on any atom is -0.301 e.